The molecule has 2 atom stereocenters. The van der Waals surface area contributed by atoms with Crippen molar-refractivity contribution in [2.45, 2.75) is 32.2 Å². The van der Waals surface area contributed by atoms with Gasteiger partial charge in [0.15, 0.2) is 0 Å². The number of nitrogens with one attached hydrogen (secondary N) is 1. The quantitative estimate of drug-likeness (QED) is 0.822. The molecule has 0 aliphatic heterocycles. The van der Waals surface area contributed by atoms with Crippen molar-refractivity contribution in [3.63, 3.8) is 0 Å². The maximum Gasteiger partial charge on any atom is 0.222 e. The number of methoxy groups -OCH3 is 1. The summed E-state index contributed by atoms with van der Waals surface area (Å²) in [6.07, 6.45) is 0.419. The van der Waals surface area contributed by atoms with Gasteiger partial charge in [-0.1, -0.05) is 37.3 Å². The number of carbonyl (C=O) groups excluding carboxylic acids is 1. The Balaban J connectivity index is 2.47. The van der Waals surface area contributed by atoms with Crippen molar-refractivity contribution in [2.75, 3.05) is 13.7 Å². The van der Waals surface area contributed by atoms with Crippen molar-refractivity contribution in [2.24, 2.45) is 0 Å². The Bertz CT molecular complexity index is 337. The van der Waals surface area contributed by atoms with Crippen LogP contribution >= 0.6 is 0 Å². The van der Waals surface area contributed by atoms with Gasteiger partial charge in [0.25, 0.3) is 0 Å². The van der Waals surface area contributed by atoms with E-state index in [0.717, 1.165) is 0 Å². The first-order valence-electron chi connectivity index (χ1n) is 5.98. The van der Waals surface area contributed by atoms with Gasteiger partial charge in [-0.3, -0.25) is 4.79 Å². The van der Waals surface area contributed by atoms with E-state index in [2.05, 4.69) is 24.4 Å². The lowest BCUT2D eigenvalue weighted by atomic mass is 9.94. The molecule has 0 spiro atoms. The number of hydrogen-bond donors (Lipinski definition) is 1. The summed E-state index contributed by atoms with van der Waals surface area (Å²) in [4.78, 5) is 11.6. The third kappa shape index (κ3) is 4.57. The Labute approximate surface area is 103 Å². The van der Waals surface area contributed by atoms with E-state index in [1.165, 1.54) is 5.56 Å². The number of carbonyl (C=O) groups is 1. The normalized spacial score (nSPS) is 14.1. The van der Waals surface area contributed by atoms with Crippen LogP contribution in [0.1, 0.15) is 31.7 Å². The van der Waals surface area contributed by atoms with Crippen molar-refractivity contribution in [3.05, 3.63) is 35.9 Å². The molecule has 17 heavy (non-hydrogen) atoms. The monoisotopic (exact) mass is 235 g/mol. The summed E-state index contributed by atoms with van der Waals surface area (Å²) in [6, 6.07) is 10.3. The number of hydrogen-bond acceptors (Lipinski definition) is 2. The summed E-state index contributed by atoms with van der Waals surface area (Å²) in [5, 5.41) is 2.99. The second kappa shape index (κ2) is 7.07. The molecule has 94 valence electrons. The van der Waals surface area contributed by atoms with Gasteiger partial charge in [-0.05, 0) is 12.5 Å². The van der Waals surface area contributed by atoms with Crippen LogP contribution in [0.4, 0.5) is 0 Å². The summed E-state index contributed by atoms with van der Waals surface area (Å²) < 4.78 is 4.88. The lowest BCUT2D eigenvalue weighted by molar-refractivity contribution is -0.122. The molecule has 0 saturated carbocycles. The molecular formula is C14H21NO2. The number of ether oxygens (including phenoxy) is 1. The fourth-order valence-corrected chi connectivity index (χ4v) is 1.69. The largest absolute Gasteiger partial charge is 0.384 e. The molecular weight excluding hydrogens is 214 g/mol. The first-order valence-corrected chi connectivity index (χ1v) is 5.98. The van der Waals surface area contributed by atoms with Gasteiger partial charge in [-0.25, -0.2) is 0 Å². The molecule has 0 aliphatic rings. The molecule has 0 aromatic heterocycles. The van der Waals surface area contributed by atoms with E-state index < -0.39 is 0 Å². The molecule has 0 radical (unpaired) electrons. The van der Waals surface area contributed by atoms with Crippen molar-refractivity contribution in [3.8, 4) is 0 Å². The molecule has 1 amide bonds. The highest BCUT2D eigenvalue weighted by Crippen LogP contribution is 2.18. The van der Waals surface area contributed by atoms with E-state index >= 15 is 0 Å². The Hall–Kier alpha value is -1.35. The fourth-order valence-electron chi connectivity index (χ4n) is 1.69. The molecule has 0 unspecified atom stereocenters. The highest BCUT2D eigenvalue weighted by atomic mass is 16.5. The van der Waals surface area contributed by atoms with Gasteiger partial charge in [0.2, 0.25) is 5.91 Å². The summed E-state index contributed by atoms with van der Waals surface area (Å²) in [6.45, 7) is 4.62. The molecule has 0 fully saturated rings. The molecule has 0 saturated heterocycles. The van der Waals surface area contributed by atoms with Gasteiger partial charge in [-0.2, -0.15) is 0 Å². The van der Waals surface area contributed by atoms with E-state index in [1.54, 1.807) is 7.11 Å². The minimum absolute atomic E-state index is 0.0436. The fraction of sp³-hybridized carbons (Fsp3) is 0.500. The molecule has 0 bridgehead atoms. The van der Waals surface area contributed by atoms with Crippen molar-refractivity contribution < 1.29 is 9.53 Å². The van der Waals surface area contributed by atoms with Crippen LogP contribution in [0, 0.1) is 0 Å². The molecule has 3 heteroatoms. The maximum absolute atomic E-state index is 11.6. The topological polar surface area (TPSA) is 38.3 Å². The average molecular weight is 235 g/mol. The zero-order valence-corrected chi connectivity index (χ0v) is 10.8. The Morgan fingerprint density at radius 1 is 1.29 bits per heavy atom. The average Bonchev–Trinajstić information content (AvgIpc) is 2.36. The van der Waals surface area contributed by atoms with Crippen molar-refractivity contribution in [1.29, 1.82) is 0 Å². The van der Waals surface area contributed by atoms with E-state index in [9.17, 15) is 4.79 Å². The van der Waals surface area contributed by atoms with Crippen LogP contribution in [0.2, 0.25) is 0 Å². The van der Waals surface area contributed by atoms with Crippen LogP contribution in [0.5, 0.6) is 0 Å². The van der Waals surface area contributed by atoms with Crippen LogP contribution < -0.4 is 5.32 Å². The van der Waals surface area contributed by atoms with Gasteiger partial charge in [0.1, 0.15) is 0 Å². The van der Waals surface area contributed by atoms with E-state index in [-0.39, 0.29) is 11.9 Å². The molecule has 1 rings (SSSR count). The first kappa shape index (κ1) is 13.7. The van der Waals surface area contributed by atoms with Gasteiger partial charge in [-0.15, -0.1) is 0 Å². The lowest BCUT2D eigenvalue weighted by Gasteiger charge is -2.21. The van der Waals surface area contributed by atoms with E-state index in [0.29, 0.717) is 18.9 Å². The van der Waals surface area contributed by atoms with Crippen LogP contribution in [0.15, 0.2) is 30.3 Å². The molecule has 1 aromatic rings. The van der Waals surface area contributed by atoms with Gasteiger partial charge in [0.05, 0.1) is 6.61 Å². The third-order valence-corrected chi connectivity index (χ3v) is 3.00. The highest BCUT2D eigenvalue weighted by molar-refractivity contribution is 5.76. The summed E-state index contributed by atoms with van der Waals surface area (Å²) >= 11 is 0. The standard InChI is InChI=1S/C14H21NO2/c1-11(13-7-5-4-6-8-13)12(2)15-14(16)9-10-17-3/h4-8,11-12H,9-10H2,1-3H3,(H,15,16)/t11-,12-/m1/s1. The van der Waals surface area contributed by atoms with Crippen LogP contribution in [-0.4, -0.2) is 25.7 Å². The zero-order chi connectivity index (χ0) is 12.7. The van der Waals surface area contributed by atoms with Crippen molar-refractivity contribution in [1.82, 2.24) is 5.32 Å². The predicted molar refractivity (Wildman–Crippen MR) is 69.0 cm³/mol. The van der Waals surface area contributed by atoms with Crippen molar-refractivity contribution >= 4 is 5.91 Å². The van der Waals surface area contributed by atoms with E-state index in [1.807, 2.05) is 25.1 Å². The molecule has 1 aromatic carbocycles. The van der Waals surface area contributed by atoms with Gasteiger partial charge >= 0.3 is 0 Å². The summed E-state index contributed by atoms with van der Waals surface area (Å²) in [7, 11) is 1.60. The molecule has 0 heterocycles. The van der Waals surface area contributed by atoms with Gasteiger partial charge < -0.3 is 10.1 Å². The first-order chi connectivity index (χ1) is 8.15. The zero-order valence-electron chi connectivity index (χ0n) is 10.8. The Morgan fingerprint density at radius 2 is 1.94 bits per heavy atom. The molecule has 0 aliphatic carbocycles. The summed E-state index contributed by atoms with van der Waals surface area (Å²) in [5.74, 6) is 0.352. The second-order valence-corrected chi connectivity index (χ2v) is 4.30. The van der Waals surface area contributed by atoms with Crippen LogP contribution in [-0.2, 0) is 9.53 Å². The second-order valence-electron chi connectivity index (χ2n) is 4.30. The smallest absolute Gasteiger partial charge is 0.222 e. The Morgan fingerprint density at radius 3 is 2.53 bits per heavy atom. The predicted octanol–water partition coefficient (Wildman–Crippen LogP) is 2.33. The number of amides is 1. The number of rotatable bonds is 6. The minimum atomic E-state index is 0.0436. The van der Waals surface area contributed by atoms with E-state index in [4.69, 9.17) is 4.74 Å². The minimum Gasteiger partial charge on any atom is -0.384 e. The summed E-state index contributed by atoms with van der Waals surface area (Å²) in [5.41, 5.74) is 1.24. The SMILES string of the molecule is COCCC(=O)N[C@H](C)[C@@H](C)c1ccccc1. The maximum atomic E-state index is 11.6. The molecule has 1 N–H and O–H groups in total. The molecule has 3 nitrogen and oxygen atoms in total. The number of benzene rings is 1. The van der Waals surface area contributed by atoms with Gasteiger partial charge in [0, 0.05) is 25.5 Å². The van der Waals surface area contributed by atoms with Crippen LogP contribution in [0.25, 0.3) is 0 Å². The van der Waals surface area contributed by atoms with Crippen LogP contribution in [0.3, 0.4) is 0 Å². The lowest BCUT2D eigenvalue weighted by Crippen LogP contribution is -2.36. The Kier molecular flexibility index (Phi) is 5.70. The highest BCUT2D eigenvalue weighted by Gasteiger charge is 2.15. The third-order valence-electron chi connectivity index (χ3n) is 3.00.